The number of benzene rings is 3. The molecule has 0 fully saturated rings. The van der Waals surface area contributed by atoms with Crippen LogP contribution in [0.5, 0.6) is 0 Å². The lowest BCUT2D eigenvalue weighted by atomic mass is 9.87. The first kappa shape index (κ1) is 26.8. The number of aromatic nitrogens is 2. The molecule has 4 aromatic rings. The van der Waals surface area contributed by atoms with Gasteiger partial charge in [0.2, 0.25) is 0 Å². The highest BCUT2D eigenvalue weighted by Gasteiger charge is 2.23. The molecule has 0 saturated heterocycles. The molecular weight excluding hydrogens is 514 g/mol. The summed E-state index contributed by atoms with van der Waals surface area (Å²) in [6.45, 7) is 0. The van der Waals surface area contributed by atoms with Gasteiger partial charge >= 0.3 is 5.97 Å². The summed E-state index contributed by atoms with van der Waals surface area (Å²) in [5.41, 5.74) is 5.70. The quantitative estimate of drug-likeness (QED) is 0.259. The molecule has 1 amide bonds. The van der Waals surface area contributed by atoms with Gasteiger partial charge in [-0.15, -0.1) is 0 Å². The fraction of sp³-hybridized carbons (Fsp3) is 0.290. The van der Waals surface area contributed by atoms with Crippen LogP contribution in [0.2, 0.25) is 5.02 Å². The SMILES string of the molecule is COC(=O)CCCC(O)c1nc2cc(C(=O)NC3CCCc4ccccc43)ccc2nc1-c1ccc(Cl)cc1. The number of hydrogen-bond acceptors (Lipinski definition) is 6. The monoisotopic (exact) mass is 543 g/mol. The van der Waals surface area contributed by atoms with Crippen LogP contribution in [-0.4, -0.2) is 34.1 Å². The van der Waals surface area contributed by atoms with Crippen LogP contribution in [0.25, 0.3) is 22.3 Å². The Morgan fingerprint density at radius 3 is 2.67 bits per heavy atom. The third-order valence-electron chi connectivity index (χ3n) is 7.15. The van der Waals surface area contributed by atoms with Gasteiger partial charge in [0.05, 0.1) is 41.7 Å². The maximum absolute atomic E-state index is 13.3. The van der Waals surface area contributed by atoms with Crippen LogP contribution < -0.4 is 5.32 Å². The fourth-order valence-corrected chi connectivity index (χ4v) is 5.21. The zero-order valence-corrected chi connectivity index (χ0v) is 22.4. The molecule has 1 heterocycles. The lowest BCUT2D eigenvalue weighted by Crippen LogP contribution is -2.31. The third-order valence-corrected chi connectivity index (χ3v) is 7.40. The largest absolute Gasteiger partial charge is 0.469 e. The Labute approximate surface area is 232 Å². The molecule has 2 unspecified atom stereocenters. The number of esters is 1. The number of methoxy groups -OCH3 is 1. The van der Waals surface area contributed by atoms with Crippen molar-refractivity contribution < 1.29 is 19.4 Å². The minimum absolute atomic E-state index is 0.0382. The van der Waals surface area contributed by atoms with Crippen molar-refractivity contribution in [2.75, 3.05) is 7.11 Å². The molecule has 200 valence electrons. The second-order valence-electron chi connectivity index (χ2n) is 9.77. The van der Waals surface area contributed by atoms with Gasteiger partial charge in [-0.05, 0) is 73.6 Å². The molecule has 1 aliphatic carbocycles. The predicted octanol–water partition coefficient (Wildman–Crippen LogP) is 6.13. The Morgan fingerprint density at radius 1 is 1.08 bits per heavy atom. The van der Waals surface area contributed by atoms with Gasteiger partial charge in [0.15, 0.2) is 0 Å². The van der Waals surface area contributed by atoms with Gasteiger partial charge in [0, 0.05) is 22.6 Å². The average molecular weight is 544 g/mol. The van der Waals surface area contributed by atoms with Crippen molar-refractivity contribution >= 4 is 34.5 Å². The number of carbonyl (C=O) groups is 2. The van der Waals surface area contributed by atoms with Crippen molar-refractivity contribution in [3.8, 4) is 11.3 Å². The number of aliphatic hydroxyl groups is 1. The summed E-state index contributed by atoms with van der Waals surface area (Å²) in [6.07, 6.45) is 2.90. The van der Waals surface area contributed by atoms with Gasteiger partial charge in [-0.3, -0.25) is 9.59 Å². The number of ether oxygens (including phenoxy) is 1. The fourth-order valence-electron chi connectivity index (χ4n) is 5.09. The minimum Gasteiger partial charge on any atom is -0.469 e. The molecule has 7 nitrogen and oxygen atoms in total. The molecule has 0 saturated carbocycles. The highest BCUT2D eigenvalue weighted by atomic mass is 35.5. The molecule has 1 aromatic heterocycles. The molecule has 3 aromatic carbocycles. The van der Waals surface area contributed by atoms with Crippen LogP contribution in [0.4, 0.5) is 0 Å². The summed E-state index contributed by atoms with van der Waals surface area (Å²) in [4.78, 5) is 34.4. The van der Waals surface area contributed by atoms with E-state index in [0.717, 1.165) is 24.8 Å². The average Bonchev–Trinajstić information content (AvgIpc) is 2.96. The van der Waals surface area contributed by atoms with Crippen molar-refractivity contribution in [1.82, 2.24) is 15.3 Å². The van der Waals surface area contributed by atoms with Crippen LogP contribution in [-0.2, 0) is 16.0 Å². The number of aliphatic hydroxyl groups excluding tert-OH is 1. The highest BCUT2D eigenvalue weighted by molar-refractivity contribution is 6.30. The lowest BCUT2D eigenvalue weighted by Gasteiger charge is -2.26. The van der Waals surface area contributed by atoms with Gasteiger partial charge < -0.3 is 15.2 Å². The van der Waals surface area contributed by atoms with E-state index in [1.165, 1.54) is 18.2 Å². The Bertz CT molecular complexity index is 1510. The van der Waals surface area contributed by atoms with E-state index in [2.05, 4.69) is 17.4 Å². The lowest BCUT2D eigenvalue weighted by molar-refractivity contribution is -0.140. The van der Waals surface area contributed by atoms with Gasteiger partial charge in [0.25, 0.3) is 5.91 Å². The summed E-state index contributed by atoms with van der Waals surface area (Å²) in [7, 11) is 1.34. The molecule has 0 radical (unpaired) electrons. The van der Waals surface area contributed by atoms with Crippen LogP contribution >= 0.6 is 11.6 Å². The molecule has 39 heavy (non-hydrogen) atoms. The van der Waals surface area contributed by atoms with Crippen LogP contribution in [0.1, 0.15) is 71.4 Å². The molecular formula is C31H30ClN3O4. The number of hydrogen-bond donors (Lipinski definition) is 2. The van der Waals surface area contributed by atoms with E-state index in [0.29, 0.717) is 45.8 Å². The second kappa shape index (κ2) is 11.9. The van der Waals surface area contributed by atoms with E-state index >= 15 is 0 Å². The van der Waals surface area contributed by atoms with Crippen LogP contribution in [0.15, 0.2) is 66.7 Å². The number of rotatable bonds is 8. The molecule has 0 bridgehead atoms. The van der Waals surface area contributed by atoms with Crippen molar-refractivity contribution in [2.24, 2.45) is 0 Å². The van der Waals surface area contributed by atoms with Gasteiger partial charge in [-0.25, -0.2) is 9.97 Å². The molecule has 0 aliphatic heterocycles. The smallest absolute Gasteiger partial charge is 0.305 e. The van der Waals surface area contributed by atoms with Crippen LogP contribution in [0, 0.1) is 0 Å². The summed E-state index contributed by atoms with van der Waals surface area (Å²) in [6, 6.07) is 20.6. The standard InChI is InChI=1S/C31H30ClN3O4/c1-39-28(37)11-5-10-27(36)30-29(20-12-15-22(32)16-13-20)33-25-17-14-21(18-26(25)34-30)31(38)35-24-9-4-7-19-6-2-3-8-23(19)24/h2-3,6,8,12-18,24,27,36H,4-5,7,9-11H2,1H3,(H,35,38). The van der Waals surface area contributed by atoms with E-state index in [9.17, 15) is 14.7 Å². The first-order chi connectivity index (χ1) is 18.9. The molecule has 2 N–H and O–H groups in total. The Kier molecular flexibility index (Phi) is 8.19. The minimum atomic E-state index is -0.964. The summed E-state index contributed by atoms with van der Waals surface area (Å²) < 4.78 is 4.71. The van der Waals surface area contributed by atoms with E-state index in [-0.39, 0.29) is 24.3 Å². The van der Waals surface area contributed by atoms with Crippen LogP contribution in [0.3, 0.4) is 0 Å². The maximum atomic E-state index is 13.3. The number of nitrogens with one attached hydrogen (secondary N) is 1. The number of fused-ring (bicyclic) bond motifs is 2. The first-order valence-electron chi connectivity index (χ1n) is 13.1. The number of nitrogens with zero attached hydrogens (tertiary/aromatic N) is 2. The molecule has 5 rings (SSSR count). The summed E-state index contributed by atoms with van der Waals surface area (Å²) >= 11 is 6.09. The number of carbonyl (C=O) groups excluding carboxylic acids is 2. The zero-order valence-electron chi connectivity index (χ0n) is 21.7. The topological polar surface area (TPSA) is 101 Å². The van der Waals surface area contributed by atoms with Crippen molar-refractivity contribution in [1.29, 1.82) is 0 Å². The molecule has 2 atom stereocenters. The van der Waals surface area contributed by atoms with E-state index in [1.807, 2.05) is 24.3 Å². The number of aryl methyl sites for hydroxylation is 1. The Balaban J connectivity index is 1.45. The zero-order chi connectivity index (χ0) is 27.4. The maximum Gasteiger partial charge on any atom is 0.305 e. The van der Waals surface area contributed by atoms with E-state index < -0.39 is 6.10 Å². The van der Waals surface area contributed by atoms with E-state index in [1.54, 1.807) is 30.3 Å². The second-order valence-corrected chi connectivity index (χ2v) is 10.2. The Hall–Kier alpha value is -3.81. The third kappa shape index (κ3) is 6.10. The normalized spacial score (nSPS) is 15.4. The molecule has 8 heteroatoms. The first-order valence-corrected chi connectivity index (χ1v) is 13.5. The van der Waals surface area contributed by atoms with Gasteiger partial charge in [-0.1, -0.05) is 48.0 Å². The highest BCUT2D eigenvalue weighted by Crippen LogP contribution is 2.32. The summed E-state index contributed by atoms with van der Waals surface area (Å²) in [5.74, 6) is -0.511. The Morgan fingerprint density at radius 2 is 1.87 bits per heavy atom. The predicted molar refractivity (Wildman–Crippen MR) is 150 cm³/mol. The van der Waals surface area contributed by atoms with E-state index in [4.69, 9.17) is 26.3 Å². The number of halogens is 1. The number of amides is 1. The summed E-state index contributed by atoms with van der Waals surface area (Å²) in [5, 5.41) is 14.9. The van der Waals surface area contributed by atoms with Crippen molar-refractivity contribution in [3.63, 3.8) is 0 Å². The molecule has 0 spiro atoms. The van der Waals surface area contributed by atoms with Crippen molar-refractivity contribution in [2.45, 2.75) is 50.7 Å². The van der Waals surface area contributed by atoms with Gasteiger partial charge in [0.1, 0.15) is 0 Å². The van der Waals surface area contributed by atoms with Crippen molar-refractivity contribution in [3.05, 3.63) is 94.1 Å². The van der Waals surface area contributed by atoms with Gasteiger partial charge in [-0.2, -0.15) is 0 Å². The molecule has 1 aliphatic rings.